The summed E-state index contributed by atoms with van der Waals surface area (Å²) in [5.74, 6) is 1.55. The van der Waals surface area contributed by atoms with Gasteiger partial charge in [-0.2, -0.15) is 9.97 Å². The molecule has 0 saturated carbocycles. The van der Waals surface area contributed by atoms with Gasteiger partial charge in [-0.25, -0.2) is 4.79 Å². The summed E-state index contributed by atoms with van der Waals surface area (Å²) in [6.45, 7) is 0.285. The minimum Gasteiger partial charge on any atom is -0.609 e. The van der Waals surface area contributed by atoms with Crippen molar-refractivity contribution in [1.82, 2.24) is 19.5 Å². The average Bonchev–Trinajstić information content (AvgIpc) is 2.96. The fourth-order valence-corrected chi connectivity index (χ4v) is 3.74. The molecule has 0 spiro atoms. The van der Waals surface area contributed by atoms with Crippen molar-refractivity contribution in [2.24, 2.45) is 0 Å². The van der Waals surface area contributed by atoms with Crippen LogP contribution in [0.5, 0.6) is 5.75 Å². The lowest BCUT2D eigenvalue weighted by Gasteiger charge is -2.09. The molecule has 0 amide bonds. The Hall–Kier alpha value is -2.23. The van der Waals surface area contributed by atoms with Crippen molar-refractivity contribution >= 4 is 39.8 Å². The lowest BCUT2D eigenvalue weighted by Crippen LogP contribution is -2.18. The van der Waals surface area contributed by atoms with Crippen LogP contribution in [-0.4, -0.2) is 42.8 Å². The van der Waals surface area contributed by atoms with Crippen LogP contribution in [0.1, 0.15) is 12.0 Å². The van der Waals surface area contributed by atoms with Gasteiger partial charge in [0.2, 0.25) is 0 Å². The highest BCUT2D eigenvalue weighted by Crippen LogP contribution is 2.19. The molecule has 3 rings (SSSR count). The van der Waals surface area contributed by atoms with E-state index in [1.54, 1.807) is 7.11 Å². The molecule has 10 heteroatoms. The molecule has 2 heterocycles. The number of anilines is 1. The second-order valence-corrected chi connectivity index (χ2v) is 7.39. The molecule has 3 aromatic rings. The number of aromatic amines is 1. The SMILES string of the molecule is COc1ccc(Cn2c(=O)[nH]c3c(N)nc([S+]([O-])CCCCl)nc32)cc1. The molecule has 0 radical (unpaired) electrons. The fourth-order valence-electron chi connectivity index (χ4n) is 2.47. The average molecular weight is 396 g/mol. The third kappa shape index (κ3) is 3.79. The van der Waals surface area contributed by atoms with Crippen LogP contribution in [0.25, 0.3) is 11.2 Å². The first kappa shape index (κ1) is 18.6. The van der Waals surface area contributed by atoms with E-state index in [-0.39, 0.29) is 23.2 Å². The number of alkyl halides is 1. The summed E-state index contributed by atoms with van der Waals surface area (Å²) in [6.07, 6.45) is 0.571. The van der Waals surface area contributed by atoms with E-state index < -0.39 is 11.2 Å². The molecular formula is C16H18ClN5O3S. The first-order valence-electron chi connectivity index (χ1n) is 7.86. The first-order chi connectivity index (χ1) is 12.5. The maximum atomic E-state index is 12.3. The number of fused-ring (bicyclic) bond motifs is 1. The van der Waals surface area contributed by atoms with Crippen LogP contribution in [0.2, 0.25) is 0 Å². The maximum Gasteiger partial charge on any atom is 0.346 e. The predicted molar refractivity (Wildman–Crippen MR) is 101 cm³/mol. The van der Waals surface area contributed by atoms with Gasteiger partial charge in [0, 0.05) is 23.5 Å². The summed E-state index contributed by atoms with van der Waals surface area (Å²) in [5, 5.41) is 0.0996. The van der Waals surface area contributed by atoms with Crippen molar-refractivity contribution in [2.45, 2.75) is 18.1 Å². The van der Waals surface area contributed by atoms with E-state index in [2.05, 4.69) is 15.0 Å². The molecule has 0 bridgehead atoms. The number of ether oxygens (including phenoxy) is 1. The van der Waals surface area contributed by atoms with E-state index in [1.807, 2.05) is 24.3 Å². The van der Waals surface area contributed by atoms with Gasteiger partial charge in [0.1, 0.15) is 17.0 Å². The molecule has 0 aliphatic carbocycles. The van der Waals surface area contributed by atoms with Crippen molar-refractivity contribution in [3.8, 4) is 5.75 Å². The zero-order chi connectivity index (χ0) is 18.7. The van der Waals surface area contributed by atoms with Crippen LogP contribution < -0.4 is 16.2 Å². The summed E-state index contributed by atoms with van der Waals surface area (Å²) < 4.78 is 18.9. The number of hydrogen-bond donors (Lipinski definition) is 2. The number of aromatic nitrogens is 4. The third-order valence-corrected chi connectivity index (χ3v) is 5.31. The number of hydrogen-bond acceptors (Lipinski definition) is 6. The highest BCUT2D eigenvalue weighted by Gasteiger charge is 2.21. The molecular weight excluding hydrogens is 378 g/mol. The lowest BCUT2D eigenvalue weighted by molar-refractivity contribution is 0.414. The Labute approximate surface area is 157 Å². The molecule has 1 aromatic carbocycles. The molecule has 0 saturated heterocycles. The lowest BCUT2D eigenvalue weighted by atomic mass is 10.2. The van der Waals surface area contributed by atoms with Gasteiger partial charge in [-0.15, -0.1) is 11.6 Å². The minimum atomic E-state index is -1.43. The number of methoxy groups -OCH3 is 1. The number of nitrogen functional groups attached to an aromatic ring is 1. The first-order valence-corrected chi connectivity index (χ1v) is 9.72. The van der Waals surface area contributed by atoms with Gasteiger partial charge in [-0.05, 0) is 17.7 Å². The van der Waals surface area contributed by atoms with Crippen LogP contribution >= 0.6 is 11.6 Å². The normalized spacial score (nSPS) is 12.4. The smallest absolute Gasteiger partial charge is 0.346 e. The Morgan fingerprint density at radius 1 is 1.35 bits per heavy atom. The van der Waals surface area contributed by atoms with Crippen molar-refractivity contribution < 1.29 is 9.29 Å². The molecule has 0 fully saturated rings. The Morgan fingerprint density at radius 2 is 2.08 bits per heavy atom. The topological polar surface area (TPSA) is 122 Å². The van der Waals surface area contributed by atoms with Gasteiger partial charge < -0.3 is 20.0 Å². The van der Waals surface area contributed by atoms with Crippen molar-refractivity contribution in [2.75, 3.05) is 24.5 Å². The standard InChI is InChI=1S/C16H18ClN5O3S/c1-25-11-5-3-10(4-6-11)9-22-14-12(19-16(22)23)13(18)20-15(21-14)26(24)8-2-7-17/h3-6H,2,7-9H2,1H3,(H,19,23)(H2,18,20,21). The Balaban J connectivity index is 1.99. The van der Waals surface area contributed by atoms with E-state index >= 15 is 0 Å². The molecule has 3 N–H and O–H groups in total. The molecule has 2 aromatic heterocycles. The van der Waals surface area contributed by atoms with E-state index in [0.29, 0.717) is 29.2 Å². The van der Waals surface area contributed by atoms with Crippen LogP contribution in [-0.2, 0) is 17.7 Å². The molecule has 26 heavy (non-hydrogen) atoms. The van der Waals surface area contributed by atoms with Crippen LogP contribution in [0.4, 0.5) is 5.82 Å². The monoisotopic (exact) mass is 395 g/mol. The van der Waals surface area contributed by atoms with E-state index in [9.17, 15) is 9.35 Å². The third-order valence-electron chi connectivity index (χ3n) is 3.80. The van der Waals surface area contributed by atoms with Gasteiger partial charge >= 0.3 is 10.8 Å². The number of imidazole rings is 1. The quantitative estimate of drug-likeness (QED) is 0.355. The summed E-state index contributed by atoms with van der Waals surface area (Å²) in [4.78, 5) is 23.4. The number of nitrogens with two attached hydrogens (primary N) is 1. The maximum absolute atomic E-state index is 12.3. The van der Waals surface area contributed by atoms with Crippen molar-refractivity contribution in [1.29, 1.82) is 0 Å². The van der Waals surface area contributed by atoms with Crippen molar-refractivity contribution in [3.63, 3.8) is 0 Å². The van der Waals surface area contributed by atoms with Gasteiger partial charge in [-0.1, -0.05) is 12.1 Å². The molecule has 0 aliphatic rings. The van der Waals surface area contributed by atoms with Crippen LogP contribution in [0, 0.1) is 0 Å². The summed E-state index contributed by atoms with van der Waals surface area (Å²) in [7, 11) is 1.59. The van der Waals surface area contributed by atoms with E-state index in [4.69, 9.17) is 22.1 Å². The molecule has 0 aliphatic heterocycles. The Kier molecular flexibility index (Phi) is 5.70. The number of H-pyrrole nitrogens is 1. The summed E-state index contributed by atoms with van der Waals surface area (Å²) in [6, 6.07) is 7.33. The number of nitrogens with zero attached hydrogens (tertiary/aromatic N) is 3. The minimum absolute atomic E-state index is 0.0924. The summed E-state index contributed by atoms with van der Waals surface area (Å²) >= 11 is 4.21. The molecule has 1 unspecified atom stereocenters. The Morgan fingerprint density at radius 3 is 2.73 bits per heavy atom. The number of halogens is 1. The van der Waals surface area contributed by atoms with E-state index in [1.165, 1.54) is 4.57 Å². The predicted octanol–water partition coefficient (Wildman–Crippen LogP) is 1.50. The molecule has 1 atom stereocenters. The largest absolute Gasteiger partial charge is 0.609 e. The van der Waals surface area contributed by atoms with Gasteiger partial charge in [0.25, 0.3) is 0 Å². The zero-order valence-corrected chi connectivity index (χ0v) is 15.6. The van der Waals surface area contributed by atoms with Gasteiger partial charge in [-0.3, -0.25) is 4.57 Å². The molecule has 138 valence electrons. The second kappa shape index (κ2) is 7.98. The van der Waals surface area contributed by atoms with Crippen LogP contribution in [0.15, 0.2) is 34.2 Å². The highest BCUT2D eigenvalue weighted by atomic mass is 35.5. The van der Waals surface area contributed by atoms with Crippen LogP contribution in [0.3, 0.4) is 0 Å². The van der Waals surface area contributed by atoms with Gasteiger partial charge in [0.05, 0.1) is 13.7 Å². The number of benzene rings is 1. The highest BCUT2D eigenvalue weighted by molar-refractivity contribution is 7.91. The van der Waals surface area contributed by atoms with Gasteiger partial charge in [0.15, 0.2) is 11.5 Å². The van der Waals surface area contributed by atoms with E-state index in [0.717, 1.165) is 11.3 Å². The fraction of sp³-hybridized carbons (Fsp3) is 0.312. The van der Waals surface area contributed by atoms with Crippen molar-refractivity contribution in [3.05, 3.63) is 40.3 Å². The number of nitrogens with one attached hydrogen (secondary N) is 1. The second-order valence-electron chi connectivity index (χ2n) is 5.55. The summed E-state index contributed by atoms with van der Waals surface area (Å²) in [5.41, 5.74) is 7.11. The number of rotatable bonds is 7. The Bertz CT molecular complexity index is 957. The molecule has 8 nitrogen and oxygen atoms in total. The zero-order valence-electron chi connectivity index (χ0n) is 14.1.